The summed E-state index contributed by atoms with van der Waals surface area (Å²) >= 11 is 0. The number of furan rings is 1. The molecule has 2 heterocycles. The van der Waals surface area contributed by atoms with Crippen LogP contribution in [0, 0.1) is 0 Å². The minimum absolute atomic E-state index is 0.0119. The lowest BCUT2D eigenvalue weighted by atomic mass is 10.1. The summed E-state index contributed by atoms with van der Waals surface area (Å²) < 4.78 is 94.5. The van der Waals surface area contributed by atoms with Gasteiger partial charge in [-0.25, -0.2) is 4.79 Å². The molecular formula is C25H20F6N2O5. The molecule has 7 nitrogen and oxygen atoms in total. The van der Waals surface area contributed by atoms with E-state index in [0.29, 0.717) is 44.1 Å². The number of hydrogen-bond donors (Lipinski definition) is 1. The molecule has 1 amide bonds. The Morgan fingerprint density at radius 3 is 2.13 bits per heavy atom. The Morgan fingerprint density at radius 1 is 0.895 bits per heavy atom. The van der Waals surface area contributed by atoms with Crippen molar-refractivity contribution in [3.63, 3.8) is 0 Å². The summed E-state index contributed by atoms with van der Waals surface area (Å²) in [5.74, 6) is -3.99. The minimum Gasteiger partial charge on any atom is -0.465 e. The van der Waals surface area contributed by atoms with Gasteiger partial charge in [0.05, 0.1) is 42.7 Å². The van der Waals surface area contributed by atoms with Crippen molar-refractivity contribution >= 4 is 23.3 Å². The molecule has 1 N–H and O–H groups in total. The van der Waals surface area contributed by atoms with Crippen LogP contribution in [0.25, 0.3) is 11.3 Å². The van der Waals surface area contributed by atoms with Crippen molar-refractivity contribution in [2.75, 3.05) is 43.6 Å². The van der Waals surface area contributed by atoms with E-state index in [1.165, 1.54) is 25.3 Å². The first-order chi connectivity index (χ1) is 17.9. The maximum absolute atomic E-state index is 13.7. The number of ether oxygens (including phenoxy) is 2. The van der Waals surface area contributed by atoms with Crippen LogP contribution < -0.4 is 10.2 Å². The van der Waals surface area contributed by atoms with Crippen molar-refractivity contribution in [3.05, 3.63) is 71.0 Å². The van der Waals surface area contributed by atoms with Gasteiger partial charge in [0, 0.05) is 24.3 Å². The molecule has 13 heteroatoms. The number of nitrogens with zero attached hydrogens (tertiary/aromatic N) is 1. The number of anilines is 2. The monoisotopic (exact) mass is 542 g/mol. The third-order valence-electron chi connectivity index (χ3n) is 5.74. The fourth-order valence-corrected chi connectivity index (χ4v) is 3.90. The standard InChI is InChI=1S/C25H20F6N2O5/c1-36-23(35)17-12-16(6-7-19(17)33-8-10-37-11-9-33)32-22(34)18-13-20(38-21(18)25(29,30)31)14-2-4-15(5-3-14)24(26,27)28/h2-7,12-13H,8-11H2,1H3,(H,32,34). The van der Waals surface area contributed by atoms with E-state index in [1.807, 2.05) is 4.90 Å². The lowest BCUT2D eigenvalue weighted by Crippen LogP contribution is -2.37. The molecule has 4 rings (SSSR count). The second-order valence-corrected chi connectivity index (χ2v) is 8.20. The van der Waals surface area contributed by atoms with E-state index in [1.54, 1.807) is 0 Å². The van der Waals surface area contributed by atoms with Gasteiger partial charge in [-0.1, -0.05) is 12.1 Å². The Labute approximate surface area is 211 Å². The van der Waals surface area contributed by atoms with Gasteiger partial charge in [0.15, 0.2) is 0 Å². The number of carbonyl (C=O) groups is 2. The largest absolute Gasteiger partial charge is 0.465 e. The zero-order valence-electron chi connectivity index (χ0n) is 19.7. The summed E-state index contributed by atoms with van der Waals surface area (Å²) in [7, 11) is 1.17. The van der Waals surface area contributed by atoms with Crippen LogP contribution in [-0.2, 0) is 21.8 Å². The van der Waals surface area contributed by atoms with Gasteiger partial charge in [-0.15, -0.1) is 0 Å². The van der Waals surface area contributed by atoms with Crippen molar-refractivity contribution in [1.82, 2.24) is 0 Å². The topological polar surface area (TPSA) is 81.0 Å². The highest BCUT2D eigenvalue weighted by Crippen LogP contribution is 2.38. The van der Waals surface area contributed by atoms with E-state index in [0.717, 1.165) is 18.2 Å². The van der Waals surface area contributed by atoms with Crippen LogP contribution in [0.1, 0.15) is 32.0 Å². The molecular weight excluding hydrogens is 522 g/mol. The second kappa shape index (κ2) is 10.4. The molecule has 0 unspecified atom stereocenters. The summed E-state index contributed by atoms with van der Waals surface area (Å²) in [6, 6.07) is 8.28. The van der Waals surface area contributed by atoms with Crippen molar-refractivity contribution in [3.8, 4) is 11.3 Å². The zero-order valence-corrected chi connectivity index (χ0v) is 19.7. The van der Waals surface area contributed by atoms with E-state index < -0.39 is 46.9 Å². The highest BCUT2D eigenvalue weighted by Gasteiger charge is 2.41. The molecule has 0 radical (unpaired) electrons. The van der Waals surface area contributed by atoms with Gasteiger partial charge in [0.1, 0.15) is 5.76 Å². The van der Waals surface area contributed by atoms with Crippen molar-refractivity contribution in [2.24, 2.45) is 0 Å². The second-order valence-electron chi connectivity index (χ2n) is 8.20. The van der Waals surface area contributed by atoms with Crippen LogP contribution in [0.2, 0.25) is 0 Å². The van der Waals surface area contributed by atoms with Crippen LogP contribution in [-0.4, -0.2) is 45.3 Å². The van der Waals surface area contributed by atoms with E-state index in [-0.39, 0.29) is 16.8 Å². The molecule has 1 aromatic heterocycles. The fraction of sp³-hybridized carbons (Fsp3) is 0.280. The Hall–Kier alpha value is -4.00. The number of alkyl halides is 6. The molecule has 3 aromatic rings. The van der Waals surface area contributed by atoms with Gasteiger partial charge >= 0.3 is 18.3 Å². The summed E-state index contributed by atoms with van der Waals surface area (Å²) in [6.45, 7) is 1.85. The molecule has 2 aromatic carbocycles. The molecule has 0 spiro atoms. The first-order valence-electron chi connectivity index (χ1n) is 11.1. The molecule has 0 bridgehead atoms. The lowest BCUT2D eigenvalue weighted by molar-refractivity contribution is -0.153. The maximum atomic E-state index is 13.7. The van der Waals surface area contributed by atoms with E-state index in [4.69, 9.17) is 13.9 Å². The SMILES string of the molecule is COC(=O)c1cc(NC(=O)c2cc(-c3ccc(C(F)(F)F)cc3)oc2C(F)(F)F)ccc1N1CCOCC1. The van der Waals surface area contributed by atoms with Crippen LogP contribution in [0.15, 0.2) is 52.9 Å². The minimum atomic E-state index is -5.08. The number of hydrogen-bond acceptors (Lipinski definition) is 6. The smallest absolute Gasteiger partial charge is 0.450 e. The first-order valence-corrected chi connectivity index (χ1v) is 11.1. The Morgan fingerprint density at radius 2 is 1.55 bits per heavy atom. The van der Waals surface area contributed by atoms with Gasteiger partial charge in [-0.05, 0) is 36.4 Å². The van der Waals surface area contributed by atoms with E-state index in [9.17, 15) is 35.9 Å². The molecule has 0 atom stereocenters. The van der Waals surface area contributed by atoms with Gasteiger partial charge < -0.3 is 24.1 Å². The molecule has 0 saturated carbocycles. The number of carbonyl (C=O) groups excluding carboxylic acids is 2. The first kappa shape index (κ1) is 27.0. The van der Waals surface area contributed by atoms with Crippen molar-refractivity contribution in [1.29, 1.82) is 0 Å². The van der Waals surface area contributed by atoms with E-state index >= 15 is 0 Å². The predicted molar refractivity (Wildman–Crippen MR) is 123 cm³/mol. The van der Waals surface area contributed by atoms with Crippen LogP contribution in [0.3, 0.4) is 0 Å². The molecule has 1 saturated heterocycles. The van der Waals surface area contributed by atoms with Crippen molar-refractivity contribution in [2.45, 2.75) is 12.4 Å². The van der Waals surface area contributed by atoms with Crippen molar-refractivity contribution < 1.29 is 49.8 Å². The van der Waals surface area contributed by atoms with Crippen LogP contribution in [0.4, 0.5) is 37.7 Å². The highest BCUT2D eigenvalue weighted by molar-refractivity contribution is 6.07. The average Bonchev–Trinajstić information content (AvgIpc) is 3.35. The third kappa shape index (κ3) is 5.77. The van der Waals surface area contributed by atoms with E-state index in [2.05, 4.69) is 5.32 Å². The summed E-state index contributed by atoms with van der Waals surface area (Å²) in [5.41, 5.74) is -1.38. The fourth-order valence-electron chi connectivity index (χ4n) is 3.90. The number of halogens is 6. The maximum Gasteiger partial charge on any atom is 0.450 e. The molecule has 1 fully saturated rings. The molecule has 1 aliphatic heterocycles. The average molecular weight is 542 g/mol. The molecule has 1 aliphatic rings. The lowest BCUT2D eigenvalue weighted by Gasteiger charge is -2.30. The summed E-state index contributed by atoms with van der Waals surface area (Å²) in [4.78, 5) is 27.1. The molecule has 38 heavy (non-hydrogen) atoms. The van der Waals surface area contributed by atoms with Crippen LogP contribution >= 0.6 is 0 Å². The number of methoxy groups -OCH3 is 1. The zero-order chi connectivity index (χ0) is 27.7. The number of amides is 1. The van der Waals surface area contributed by atoms with Crippen LogP contribution in [0.5, 0.6) is 0 Å². The number of benzene rings is 2. The predicted octanol–water partition coefficient (Wildman–Crippen LogP) is 5.86. The number of rotatable bonds is 5. The van der Waals surface area contributed by atoms with Gasteiger partial charge in [0.25, 0.3) is 5.91 Å². The third-order valence-corrected chi connectivity index (χ3v) is 5.74. The molecule has 0 aliphatic carbocycles. The molecule has 202 valence electrons. The van der Waals surface area contributed by atoms with Gasteiger partial charge in [-0.2, -0.15) is 26.3 Å². The number of esters is 1. The number of morpholine rings is 1. The number of nitrogens with one attached hydrogen (secondary N) is 1. The van der Waals surface area contributed by atoms with Gasteiger partial charge in [0.2, 0.25) is 5.76 Å². The Balaban J connectivity index is 1.65. The highest BCUT2D eigenvalue weighted by atomic mass is 19.4. The summed E-state index contributed by atoms with van der Waals surface area (Å²) in [5, 5.41) is 2.32. The Kier molecular flexibility index (Phi) is 7.40. The quantitative estimate of drug-likeness (QED) is 0.322. The van der Waals surface area contributed by atoms with Gasteiger partial charge in [-0.3, -0.25) is 4.79 Å². The Bertz CT molecular complexity index is 1330. The normalized spacial score (nSPS) is 14.3. The summed E-state index contributed by atoms with van der Waals surface area (Å²) in [6.07, 6.45) is -9.71.